The summed E-state index contributed by atoms with van der Waals surface area (Å²) in [6.07, 6.45) is 4.62. The lowest BCUT2D eigenvalue weighted by molar-refractivity contribution is -0.151. The number of carbonyl (C=O) groups is 2. The fourth-order valence-electron chi connectivity index (χ4n) is 5.16. The Labute approximate surface area is 237 Å². The molecule has 1 heterocycles. The molecule has 3 N–H and O–H groups in total. The number of nitrogens with one attached hydrogen (secondary N) is 1. The minimum atomic E-state index is -0.559. The van der Waals surface area contributed by atoms with E-state index in [-0.39, 0.29) is 34.6 Å². The molecule has 7 nitrogen and oxygen atoms in total. The van der Waals surface area contributed by atoms with Gasteiger partial charge in [0.1, 0.15) is 23.8 Å². The van der Waals surface area contributed by atoms with Crippen molar-refractivity contribution in [3.05, 3.63) is 129 Å². The van der Waals surface area contributed by atoms with Gasteiger partial charge in [-0.3, -0.25) is 14.2 Å². The van der Waals surface area contributed by atoms with Gasteiger partial charge < -0.3 is 15.8 Å². The van der Waals surface area contributed by atoms with Crippen molar-refractivity contribution in [1.29, 1.82) is 0 Å². The molecule has 1 saturated carbocycles. The normalized spacial score (nSPS) is 14.1. The molecule has 0 spiro atoms. The number of aromatic nitrogens is 1. The molecule has 1 atom stereocenters. The fourth-order valence-corrected chi connectivity index (χ4v) is 5.16. The zero-order chi connectivity index (χ0) is 28.8. The number of nitrogen functional groups attached to an aromatic ring is 1. The number of hydrogen-bond acceptors (Lipinski definition) is 6. The molecular weight excluding hydrogens is 521 g/mol. The van der Waals surface area contributed by atoms with E-state index in [1.165, 1.54) is 41.0 Å². The summed E-state index contributed by atoms with van der Waals surface area (Å²) in [5, 5.41) is 3.35. The monoisotopic (exact) mass is 553 g/mol. The van der Waals surface area contributed by atoms with Gasteiger partial charge in [0.15, 0.2) is 5.78 Å². The molecule has 1 aromatic heterocycles. The molecule has 4 aromatic rings. The maximum Gasteiger partial charge on any atom is 0.328 e. The van der Waals surface area contributed by atoms with E-state index in [0.29, 0.717) is 18.7 Å². The zero-order valence-corrected chi connectivity index (χ0v) is 22.6. The number of rotatable bonds is 10. The third-order valence-electron chi connectivity index (χ3n) is 7.39. The molecule has 0 radical (unpaired) electrons. The average molecular weight is 554 g/mol. The van der Waals surface area contributed by atoms with Crippen LogP contribution in [0.4, 0.5) is 10.2 Å². The molecule has 0 aliphatic heterocycles. The van der Waals surface area contributed by atoms with Gasteiger partial charge in [0, 0.05) is 18.2 Å². The second-order valence-corrected chi connectivity index (χ2v) is 10.2. The van der Waals surface area contributed by atoms with Crippen LogP contribution in [-0.2, 0) is 16.0 Å². The number of nitrogens with two attached hydrogens (primary N) is 1. The molecule has 1 aliphatic rings. The minimum absolute atomic E-state index is 0.00715. The van der Waals surface area contributed by atoms with E-state index in [1.54, 1.807) is 12.1 Å². The highest BCUT2D eigenvalue weighted by Crippen LogP contribution is 2.24. The van der Waals surface area contributed by atoms with Crippen LogP contribution in [0.1, 0.15) is 58.8 Å². The summed E-state index contributed by atoms with van der Waals surface area (Å²) in [5.41, 5.74) is 8.70. The van der Waals surface area contributed by atoms with Gasteiger partial charge >= 0.3 is 5.97 Å². The number of halogens is 1. The van der Waals surface area contributed by atoms with Crippen molar-refractivity contribution < 1.29 is 18.7 Å². The Morgan fingerprint density at radius 1 is 0.927 bits per heavy atom. The largest absolute Gasteiger partial charge is 0.461 e. The van der Waals surface area contributed by atoms with Gasteiger partial charge in [-0.2, -0.15) is 0 Å². The number of esters is 1. The van der Waals surface area contributed by atoms with E-state index in [4.69, 9.17) is 10.5 Å². The summed E-state index contributed by atoms with van der Waals surface area (Å²) in [5.74, 6) is -1.11. The van der Waals surface area contributed by atoms with Gasteiger partial charge in [-0.05, 0) is 85.7 Å². The topological polar surface area (TPSA) is 103 Å². The predicted molar refractivity (Wildman–Crippen MR) is 156 cm³/mol. The fraction of sp³-hybridized carbons (Fsp3) is 0.242. The van der Waals surface area contributed by atoms with E-state index < -0.39 is 17.6 Å². The summed E-state index contributed by atoms with van der Waals surface area (Å²) >= 11 is 0. The highest BCUT2D eigenvalue weighted by molar-refractivity contribution is 6.11. The minimum Gasteiger partial charge on any atom is -0.461 e. The Morgan fingerprint density at radius 3 is 2.29 bits per heavy atom. The molecule has 0 bridgehead atoms. The van der Waals surface area contributed by atoms with E-state index in [9.17, 15) is 18.8 Å². The first-order chi connectivity index (χ1) is 19.9. The number of pyridine rings is 1. The van der Waals surface area contributed by atoms with Gasteiger partial charge in [-0.1, -0.05) is 42.5 Å². The summed E-state index contributed by atoms with van der Waals surface area (Å²) < 4.78 is 20.4. The maximum absolute atomic E-state index is 13.3. The van der Waals surface area contributed by atoms with Crippen LogP contribution in [-0.4, -0.2) is 29.0 Å². The predicted octanol–water partition coefficient (Wildman–Crippen LogP) is 5.15. The first-order valence-corrected chi connectivity index (χ1v) is 13.8. The van der Waals surface area contributed by atoms with Crippen LogP contribution in [0.2, 0.25) is 0 Å². The van der Waals surface area contributed by atoms with Gasteiger partial charge in [0.05, 0.1) is 11.3 Å². The maximum atomic E-state index is 13.3. The zero-order valence-electron chi connectivity index (χ0n) is 22.6. The van der Waals surface area contributed by atoms with Crippen molar-refractivity contribution >= 4 is 17.6 Å². The van der Waals surface area contributed by atoms with Crippen molar-refractivity contribution in [3.8, 4) is 5.69 Å². The molecule has 210 valence electrons. The number of nitrogens with zero attached hydrogens (tertiary/aromatic N) is 1. The number of anilines is 1. The molecule has 5 rings (SSSR count). The van der Waals surface area contributed by atoms with E-state index >= 15 is 0 Å². The van der Waals surface area contributed by atoms with E-state index in [0.717, 1.165) is 36.8 Å². The van der Waals surface area contributed by atoms with Crippen LogP contribution in [0, 0.1) is 5.82 Å². The second-order valence-electron chi connectivity index (χ2n) is 10.2. The number of ether oxygens (including phenoxy) is 1. The number of hydrogen-bond donors (Lipinski definition) is 2. The van der Waals surface area contributed by atoms with Crippen LogP contribution in [0.3, 0.4) is 0 Å². The van der Waals surface area contributed by atoms with Gasteiger partial charge in [-0.15, -0.1) is 0 Å². The standard InChI is InChI=1S/C33H32FN3O4/c34-25-14-12-24(13-15-25)31(39)28-18-19-29(38)37(32(28)35)26-16-10-22(11-17-26)20-21-36-30(23-6-2-1-3-7-23)33(40)41-27-8-4-5-9-27/h1-3,6-7,10-19,27,30,36H,4-5,8-9,20-21,35H2. The highest BCUT2D eigenvalue weighted by atomic mass is 19.1. The Kier molecular flexibility index (Phi) is 8.70. The smallest absolute Gasteiger partial charge is 0.328 e. The lowest BCUT2D eigenvalue weighted by Gasteiger charge is -2.21. The highest BCUT2D eigenvalue weighted by Gasteiger charge is 2.26. The molecule has 0 amide bonds. The number of ketones is 1. The molecule has 3 aromatic carbocycles. The lowest BCUT2D eigenvalue weighted by Crippen LogP contribution is -2.33. The van der Waals surface area contributed by atoms with Crippen molar-refractivity contribution in [2.75, 3.05) is 12.3 Å². The second kappa shape index (κ2) is 12.7. The summed E-state index contributed by atoms with van der Waals surface area (Å²) in [6, 6.07) is 24.1. The molecule has 1 aliphatic carbocycles. The Morgan fingerprint density at radius 2 is 1.61 bits per heavy atom. The number of benzene rings is 3. The average Bonchev–Trinajstić information content (AvgIpc) is 3.50. The quantitative estimate of drug-likeness (QED) is 0.208. The van der Waals surface area contributed by atoms with Crippen molar-refractivity contribution in [3.63, 3.8) is 0 Å². The van der Waals surface area contributed by atoms with Gasteiger partial charge in [0.25, 0.3) is 5.56 Å². The first kappa shape index (κ1) is 28.0. The van der Waals surface area contributed by atoms with Crippen molar-refractivity contribution in [1.82, 2.24) is 9.88 Å². The molecular formula is C33H32FN3O4. The Bertz CT molecular complexity index is 1560. The first-order valence-electron chi connectivity index (χ1n) is 13.8. The van der Waals surface area contributed by atoms with Crippen LogP contribution < -0.4 is 16.6 Å². The third kappa shape index (κ3) is 6.61. The summed E-state index contributed by atoms with van der Waals surface area (Å²) in [7, 11) is 0. The molecule has 1 fully saturated rings. The van der Waals surface area contributed by atoms with Crippen LogP contribution >= 0.6 is 0 Å². The third-order valence-corrected chi connectivity index (χ3v) is 7.39. The van der Waals surface area contributed by atoms with E-state index in [1.807, 2.05) is 42.5 Å². The van der Waals surface area contributed by atoms with Crippen molar-refractivity contribution in [2.45, 2.75) is 44.2 Å². The van der Waals surface area contributed by atoms with Crippen molar-refractivity contribution in [2.24, 2.45) is 0 Å². The Hall–Kier alpha value is -4.56. The van der Waals surface area contributed by atoms with E-state index in [2.05, 4.69) is 5.32 Å². The number of carbonyl (C=O) groups excluding carboxylic acids is 2. The molecule has 8 heteroatoms. The summed E-state index contributed by atoms with van der Waals surface area (Å²) in [4.78, 5) is 38.7. The molecule has 1 unspecified atom stereocenters. The van der Waals surface area contributed by atoms with Crippen LogP contribution in [0.25, 0.3) is 5.69 Å². The SMILES string of the molecule is Nc1c(C(=O)c2ccc(F)cc2)ccc(=O)n1-c1ccc(CCNC(C(=O)OC2CCCC2)c2ccccc2)cc1. The van der Waals surface area contributed by atoms with Gasteiger partial charge in [-0.25, -0.2) is 9.18 Å². The molecule has 41 heavy (non-hydrogen) atoms. The summed E-state index contributed by atoms with van der Waals surface area (Å²) in [6.45, 7) is 0.530. The van der Waals surface area contributed by atoms with Crippen LogP contribution in [0.15, 0.2) is 95.8 Å². The van der Waals surface area contributed by atoms with Gasteiger partial charge in [0.2, 0.25) is 0 Å². The lowest BCUT2D eigenvalue weighted by atomic mass is 10.0. The molecule has 0 saturated heterocycles. The Balaban J connectivity index is 1.28. The van der Waals surface area contributed by atoms with Crippen LogP contribution in [0.5, 0.6) is 0 Å².